The summed E-state index contributed by atoms with van der Waals surface area (Å²) in [5.41, 5.74) is 9.19. The van der Waals surface area contributed by atoms with E-state index in [-0.39, 0.29) is 0 Å². The topological polar surface area (TPSA) is 50.9 Å². The number of aromatic nitrogens is 1. The van der Waals surface area contributed by atoms with Gasteiger partial charge in [-0.25, -0.2) is 0 Å². The SMILES string of the molecule is CCNC(Cc1cnccc1N)c1ccsc1. The van der Waals surface area contributed by atoms with Crippen LogP contribution in [0, 0.1) is 0 Å². The molecule has 0 aliphatic heterocycles. The summed E-state index contributed by atoms with van der Waals surface area (Å²) < 4.78 is 0. The molecular formula is C13H17N3S. The van der Waals surface area contributed by atoms with Crippen LogP contribution >= 0.6 is 11.3 Å². The van der Waals surface area contributed by atoms with E-state index in [4.69, 9.17) is 5.73 Å². The molecule has 0 saturated carbocycles. The maximum Gasteiger partial charge on any atom is 0.0378 e. The number of rotatable bonds is 5. The van der Waals surface area contributed by atoms with Crippen molar-refractivity contribution in [2.45, 2.75) is 19.4 Å². The van der Waals surface area contributed by atoms with Crippen LogP contribution in [0.25, 0.3) is 0 Å². The molecular weight excluding hydrogens is 230 g/mol. The lowest BCUT2D eigenvalue weighted by Crippen LogP contribution is -2.22. The summed E-state index contributed by atoms with van der Waals surface area (Å²) in [4.78, 5) is 4.13. The van der Waals surface area contributed by atoms with Crippen LogP contribution in [0.3, 0.4) is 0 Å². The Balaban J connectivity index is 2.16. The fourth-order valence-corrected chi connectivity index (χ4v) is 2.57. The van der Waals surface area contributed by atoms with Gasteiger partial charge in [0.2, 0.25) is 0 Å². The molecule has 4 heteroatoms. The van der Waals surface area contributed by atoms with Crippen LogP contribution < -0.4 is 11.1 Å². The molecule has 0 aliphatic carbocycles. The highest BCUT2D eigenvalue weighted by Gasteiger charge is 2.12. The van der Waals surface area contributed by atoms with E-state index < -0.39 is 0 Å². The second-order valence-corrected chi connectivity index (χ2v) is 4.73. The quantitative estimate of drug-likeness (QED) is 0.854. The Kier molecular flexibility index (Phi) is 4.12. The first-order valence-corrected chi connectivity index (χ1v) is 6.69. The van der Waals surface area contributed by atoms with Crippen LogP contribution in [0.4, 0.5) is 5.69 Å². The predicted octanol–water partition coefficient (Wildman–Crippen LogP) is 2.62. The van der Waals surface area contributed by atoms with Crippen molar-refractivity contribution >= 4 is 17.0 Å². The monoisotopic (exact) mass is 247 g/mol. The molecule has 0 saturated heterocycles. The first kappa shape index (κ1) is 12.1. The van der Waals surface area contributed by atoms with Crippen LogP contribution in [-0.2, 0) is 6.42 Å². The summed E-state index contributed by atoms with van der Waals surface area (Å²) in [5, 5.41) is 7.77. The Labute approximate surface area is 106 Å². The van der Waals surface area contributed by atoms with Crippen LogP contribution in [0.1, 0.15) is 24.1 Å². The fraction of sp³-hybridized carbons (Fsp3) is 0.308. The second-order valence-electron chi connectivity index (χ2n) is 3.95. The van der Waals surface area contributed by atoms with Gasteiger partial charge >= 0.3 is 0 Å². The smallest absolute Gasteiger partial charge is 0.0378 e. The van der Waals surface area contributed by atoms with E-state index in [9.17, 15) is 0 Å². The van der Waals surface area contributed by atoms with Gasteiger partial charge in [-0.05, 0) is 47.0 Å². The minimum atomic E-state index is 0.317. The van der Waals surface area contributed by atoms with Gasteiger partial charge < -0.3 is 11.1 Å². The molecule has 3 N–H and O–H groups in total. The molecule has 2 heterocycles. The van der Waals surface area contributed by atoms with Crippen molar-refractivity contribution < 1.29 is 0 Å². The van der Waals surface area contributed by atoms with E-state index in [0.717, 1.165) is 24.2 Å². The molecule has 0 fully saturated rings. The summed E-state index contributed by atoms with van der Waals surface area (Å²) in [6, 6.07) is 4.33. The number of pyridine rings is 1. The second kappa shape index (κ2) is 5.80. The number of likely N-dealkylation sites (N-methyl/N-ethyl adjacent to an activating group) is 1. The summed E-state index contributed by atoms with van der Waals surface area (Å²) in [6.07, 6.45) is 4.46. The highest BCUT2D eigenvalue weighted by molar-refractivity contribution is 7.07. The Morgan fingerprint density at radius 2 is 2.35 bits per heavy atom. The Morgan fingerprint density at radius 1 is 1.47 bits per heavy atom. The number of nitrogens with one attached hydrogen (secondary N) is 1. The molecule has 0 spiro atoms. The van der Waals surface area contributed by atoms with Crippen LogP contribution in [-0.4, -0.2) is 11.5 Å². The highest BCUT2D eigenvalue weighted by Crippen LogP contribution is 2.22. The normalized spacial score (nSPS) is 12.5. The van der Waals surface area contributed by atoms with Gasteiger partial charge in [0.1, 0.15) is 0 Å². The van der Waals surface area contributed by atoms with E-state index in [1.54, 1.807) is 17.5 Å². The van der Waals surface area contributed by atoms with Gasteiger partial charge in [0.25, 0.3) is 0 Å². The Hall–Kier alpha value is -1.39. The lowest BCUT2D eigenvalue weighted by molar-refractivity contribution is 0.551. The molecule has 1 atom stereocenters. The molecule has 17 heavy (non-hydrogen) atoms. The van der Waals surface area contributed by atoms with Crippen LogP contribution in [0.15, 0.2) is 35.3 Å². The van der Waals surface area contributed by atoms with Crippen molar-refractivity contribution in [1.82, 2.24) is 10.3 Å². The third-order valence-electron chi connectivity index (χ3n) is 2.76. The third kappa shape index (κ3) is 3.05. The van der Waals surface area contributed by atoms with E-state index >= 15 is 0 Å². The van der Waals surface area contributed by atoms with Gasteiger partial charge in [-0.2, -0.15) is 11.3 Å². The van der Waals surface area contributed by atoms with E-state index in [1.807, 2.05) is 12.3 Å². The van der Waals surface area contributed by atoms with Gasteiger partial charge in [-0.1, -0.05) is 6.92 Å². The van der Waals surface area contributed by atoms with Gasteiger partial charge in [0, 0.05) is 24.1 Å². The average Bonchev–Trinajstić information content (AvgIpc) is 2.85. The molecule has 2 aromatic rings. The average molecular weight is 247 g/mol. The maximum absolute atomic E-state index is 5.95. The minimum Gasteiger partial charge on any atom is -0.398 e. The van der Waals surface area contributed by atoms with E-state index in [0.29, 0.717) is 6.04 Å². The lowest BCUT2D eigenvalue weighted by Gasteiger charge is -2.17. The van der Waals surface area contributed by atoms with Crippen molar-refractivity contribution in [2.75, 3.05) is 12.3 Å². The van der Waals surface area contributed by atoms with Crippen LogP contribution in [0.2, 0.25) is 0 Å². The van der Waals surface area contributed by atoms with Gasteiger partial charge in [-0.15, -0.1) is 0 Å². The molecule has 2 rings (SSSR count). The van der Waals surface area contributed by atoms with Crippen molar-refractivity contribution in [3.8, 4) is 0 Å². The number of anilines is 1. The summed E-state index contributed by atoms with van der Waals surface area (Å²) in [5.74, 6) is 0. The Bertz CT molecular complexity index is 453. The molecule has 0 amide bonds. The van der Waals surface area contributed by atoms with Gasteiger partial charge in [0.15, 0.2) is 0 Å². The highest BCUT2D eigenvalue weighted by atomic mass is 32.1. The first-order valence-electron chi connectivity index (χ1n) is 5.75. The van der Waals surface area contributed by atoms with Crippen molar-refractivity contribution in [3.05, 3.63) is 46.4 Å². The molecule has 0 aliphatic rings. The maximum atomic E-state index is 5.95. The standard InChI is InChI=1S/C13H17N3S/c1-2-16-13(10-4-6-17-9-10)7-11-8-15-5-3-12(11)14/h3-6,8-9,13,16H,2,7H2,1H3,(H2,14,15). The molecule has 0 aromatic carbocycles. The molecule has 3 nitrogen and oxygen atoms in total. The van der Waals surface area contributed by atoms with E-state index in [1.165, 1.54) is 5.56 Å². The zero-order chi connectivity index (χ0) is 12.1. The number of thiophene rings is 1. The summed E-state index contributed by atoms with van der Waals surface area (Å²) in [6.45, 7) is 3.06. The molecule has 0 bridgehead atoms. The zero-order valence-corrected chi connectivity index (χ0v) is 10.7. The largest absolute Gasteiger partial charge is 0.398 e. The minimum absolute atomic E-state index is 0.317. The number of hydrogen-bond donors (Lipinski definition) is 2. The number of nitrogens with two attached hydrogens (primary N) is 1. The third-order valence-corrected chi connectivity index (χ3v) is 3.46. The van der Waals surface area contributed by atoms with E-state index in [2.05, 4.69) is 34.1 Å². The predicted molar refractivity (Wildman–Crippen MR) is 73.1 cm³/mol. The van der Waals surface area contributed by atoms with Crippen molar-refractivity contribution in [2.24, 2.45) is 0 Å². The number of nitrogen functional groups attached to an aromatic ring is 1. The molecule has 90 valence electrons. The molecule has 1 unspecified atom stereocenters. The van der Waals surface area contributed by atoms with Crippen LogP contribution in [0.5, 0.6) is 0 Å². The summed E-state index contributed by atoms with van der Waals surface area (Å²) >= 11 is 1.72. The zero-order valence-electron chi connectivity index (χ0n) is 9.89. The first-order chi connectivity index (χ1) is 8.31. The Morgan fingerprint density at radius 3 is 3.00 bits per heavy atom. The number of hydrogen-bond acceptors (Lipinski definition) is 4. The van der Waals surface area contributed by atoms with Gasteiger partial charge in [0.05, 0.1) is 0 Å². The summed E-state index contributed by atoms with van der Waals surface area (Å²) in [7, 11) is 0. The fourth-order valence-electron chi connectivity index (χ4n) is 1.86. The number of nitrogens with zero attached hydrogens (tertiary/aromatic N) is 1. The van der Waals surface area contributed by atoms with Crippen molar-refractivity contribution in [1.29, 1.82) is 0 Å². The van der Waals surface area contributed by atoms with Gasteiger partial charge in [-0.3, -0.25) is 4.98 Å². The lowest BCUT2D eigenvalue weighted by atomic mass is 10.0. The van der Waals surface area contributed by atoms with Crippen molar-refractivity contribution in [3.63, 3.8) is 0 Å². The molecule has 2 aromatic heterocycles. The molecule has 0 radical (unpaired) electrons.